The molecular formula is C25H33Cl2N3O4S. The normalized spacial score (nSPS) is 12.2. The molecule has 2 rings (SSSR count). The average Bonchev–Trinajstić information content (AvgIpc) is 2.79. The number of amides is 2. The summed E-state index contributed by atoms with van der Waals surface area (Å²) in [6.07, 6.45) is 1.86. The first-order valence-electron chi connectivity index (χ1n) is 11.4. The molecule has 1 unspecified atom stereocenters. The molecule has 35 heavy (non-hydrogen) atoms. The van der Waals surface area contributed by atoms with Gasteiger partial charge < -0.3 is 10.2 Å². The molecule has 0 aliphatic heterocycles. The third-order valence-corrected chi connectivity index (χ3v) is 7.86. The summed E-state index contributed by atoms with van der Waals surface area (Å²) in [5.41, 5.74) is 3.15. The lowest BCUT2D eigenvalue weighted by Gasteiger charge is -2.31. The number of sulfonamides is 1. The van der Waals surface area contributed by atoms with Crippen molar-refractivity contribution in [1.29, 1.82) is 0 Å². The third kappa shape index (κ3) is 7.59. The first kappa shape index (κ1) is 28.9. The topological polar surface area (TPSA) is 86.8 Å². The first-order valence-corrected chi connectivity index (χ1v) is 14.0. The number of carbonyl (C=O) groups is 2. The van der Waals surface area contributed by atoms with Crippen LogP contribution in [0, 0.1) is 13.8 Å². The molecule has 2 aromatic carbocycles. The van der Waals surface area contributed by atoms with Gasteiger partial charge in [-0.25, -0.2) is 8.42 Å². The van der Waals surface area contributed by atoms with Gasteiger partial charge in [0.25, 0.3) is 0 Å². The molecule has 0 heterocycles. The maximum atomic E-state index is 13.3. The molecule has 0 fully saturated rings. The van der Waals surface area contributed by atoms with E-state index in [4.69, 9.17) is 23.2 Å². The number of hydrogen-bond acceptors (Lipinski definition) is 4. The molecule has 2 aromatic rings. The standard InChI is InChI=1S/C25H33Cl2N3O4S/c1-6-23(25(32)28-4)29(16-20-21(26)9-7-10-22(20)27)24(31)11-8-14-30(35(5,33)34)19-13-12-17(2)18(3)15-19/h7,9-10,12-13,15,23H,6,8,11,14,16H2,1-5H3,(H,28,32). The molecule has 7 nitrogen and oxygen atoms in total. The predicted molar refractivity (Wildman–Crippen MR) is 142 cm³/mol. The Morgan fingerprint density at radius 2 is 1.69 bits per heavy atom. The number of rotatable bonds is 11. The Labute approximate surface area is 218 Å². The van der Waals surface area contributed by atoms with Gasteiger partial charge in [-0.1, -0.05) is 42.3 Å². The van der Waals surface area contributed by atoms with Crippen LogP contribution in [0.25, 0.3) is 0 Å². The van der Waals surface area contributed by atoms with Crippen molar-refractivity contribution >= 4 is 50.7 Å². The zero-order valence-electron chi connectivity index (χ0n) is 20.8. The maximum Gasteiger partial charge on any atom is 0.242 e. The highest BCUT2D eigenvalue weighted by Crippen LogP contribution is 2.28. The van der Waals surface area contributed by atoms with Gasteiger partial charge in [0.2, 0.25) is 21.8 Å². The fourth-order valence-electron chi connectivity index (χ4n) is 3.82. The Bertz CT molecular complexity index is 1150. The molecule has 0 aliphatic rings. The fourth-order valence-corrected chi connectivity index (χ4v) is 5.30. The number of nitrogens with zero attached hydrogens (tertiary/aromatic N) is 2. The van der Waals surface area contributed by atoms with Gasteiger partial charge in [0.1, 0.15) is 6.04 Å². The molecule has 0 aliphatic carbocycles. The molecule has 0 aromatic heterocycles. The number of carbonyl (C=O) groups excluding carboxylic acids is 2. The Morgan fingerprint density at radius 3 is 2.20 bits per heavy atom. The number of halogens is 2. The van der Waals surface area contributed by atoms with E-state index in [0.717, 1.165) is 17.4 Å². The summed E-state index contributed by atoms with van der Waals surface area (Å²) in [4.78, 5) is 27.4. The molecule has 0 saturated heterocycles. The Morgan fingerprint density at radius 1 is 1.06 bits per heavy atom. The third-order valence-electron chi connectivity index (χ3n) is 5.95. The zero-order valence-corrected chi connectivity index (χ0v) is 23.1. The largest absolute Gasteiger partial charge is 0.357 e. The molecule has 1 atom stereocenters. The van der Waals surface area contributed by atoms with Crippen molar-refractivity contribution in [2.45, 2.75) is 52.6 Å². The van der Waals surface area contributed by atoms with Gasteiger partial charge in [0.05, 0.1) is 11.9 Å². The lowest BCUT2D eigenvalue weighted by molar-refractivity contribution is -0.141. The molecule has 0 radical (unpaired) electrons. The van der Waals surface area contributed by atoms with Crippen LogP contribution >= 0.6 is 23.2 Å². The number of anilines is 1. The van der Waals surface area contributed by atoms with Crippen LogP contribution < -0.4 is 9.62 Å². The molecule has 0 spiro atoms. The fraction of sp³-hybridized carbons (Fsp3) is 0.440. The summed E-state index contributed by atoms with van der Waals surface area (Å²) in [5, 5.41) is 3.41. The second kappa shape index (κ2) is 12.6. The quantitative estimate of drug-likeness (QED) is 0.446. The Balaban J connectivity index is 2.26. The van der Waals surface area contributed by atoms with E-state index in [1.54, 1.807) is 24.3 Å². The molecule has 0 bridgehead atoms. The highest BCUT2D eigenvalue weighted by Gasteiger charge is 2.29. The summed E-state index contributed by atoms with van der Waals surface area (Å²) in [5.74, 6) is -0.582. The van der Waals surface area contributed by atoms with Gasteiger partial charge in [-0.3, -0.25) is 13.9 Å². The molecule has 1 N–H and O–H groups in total. The van der Waals surface area contributed by atoms with E-state index in [1.807, 2.05) is 32.9 Å². The van der Waals surface area contributed by atoms with E-state index >= 15 is 0 Å². The summed E-state index contributed by atoms with van der Waals surface area (Å²) >= 11 is 12.7. The van der Waals surface area contributed by atoms with Gasteiger partial charge in [-0.15, -0.1) is 0 Å². The first-order chi connectivity index (χ1) is 16.4. The van der Waals surface area contributed by atoms with Crippen LogP contribution in [0.2, 0.25) is 10.0 Å². The second-order valence-corrected chi connectivity index (χ2v) is 11.2. The molecule has 2 amide bonds. The summed E-state index contributed by atoms with van der Waals surface area (Å²) in [6, 6.07) is 9.81. The van der Waals surface area contributed by atoms with Crippen molar-refractivity contribution in [1.82, 2.24) is 10.2 Å². The van der Waals surface area contributed by atoms with E-state index in [2.05, 4.69) is 5.32 Å². The lowest BCUT2D eigenvalue weighted by atomic mass is 10.1. The van der Waals surface area contributed by atoms with Gasteiger partial charge in [-0.05, 0) is 62.1 Å². The van der Waals surface area contributed by atoms with Crippen LogP contribution in [0.1, 0.15) is 42.9 Å². The molecular weight excluding hydrogens is 509 g/mol. The lowest BCUT2D eigenvalue weighted by Crippen LogP contribution is -2.48. The van der Waals surface area contributed by atoms with Gasteiger partial charge in [-0.2, -0.15) is 0 Å². The van der Waals surface area contributed by atoms with E-state index < -0.39 is 16.1 Å². The molecule has 10 heteroatoms. The van der Waals surface area contributed by atoms with Crippen molar-refractivity contribution in [2.75, 3.05) is 24.2 Å². The minimum Gasteiger partial charge on any atom is -0.357 e. The molecule has 0 saturated carbocycles. The summed E-state index contributed by atoms with van der Waals surface area (Å²) in [7, 11) is -2.04. The minimum absolute atomic E-state index is 0.0480. The zero-order chi connectivity index (χ0) is 26.3. The minimum atomic E-state index is -3.55. The Kier molecular flexibility index (Phi) is 10.4. The van der Waals surface area contributed by atoms with Crippen molar-refractivity contribution in [2.24, 2.45) is 0 Å². The predicted octanol–water partition coefficient (Wildman–Crippen LogP) is 4.71. The van der Waals surface area contributed by atoms with Crippen molar-refractivity contribution in [3.05, 3.63) is 63.1 Å². The highest BCUT2D eigenvalue weighted by atomic mass is 35.5. The monoisotopic (exact) mass is 541 g/mol. The second-order valence-electron chi connectivity index (χ2n) is 8.47. The summed E-state index contributed by atoms with van der Waals surface area (Å²) in [6.45, 7) is 5.89. The SMILES string of the molecule is CCC(C(=O)NC)N(Cc1c(Cl)cccc1Cl)C(=O)CCCN(c1ccc(C)c(C)c1)S(C)(=O)=O. The van der Waals surface area contributed by atoms with Crippen molar-refractivity contribution < 1.29 is 18.0 Å². The van der Waals surface area contributed by atoms with Crippen LogP contribution in [-0.2, 0) is 26.2 Å². The van der Waals surface area contributed by atoms with Gasteiger partial charge in [0.15, 0.2) is 0 Å². The highest BCUT2D eigenvalue weighted by molar-refractivity contribution is 7.92. The smallest absolute Gasteiger partial charge is 0.242 e. The van der Waals surface area contributed by atoms with Gasteiger partial charge >= 0.3 is 0 Å². The van der Waals surface area contributed by atoms with Crippen LogP contribution in [0.4, 0.5) is 5.69 Å². The number of benzene rings is 2. The van der Waals surface area contributed by atoms with Gasteiger partial charge in [0, 0.05) is 42.2 Å². The summed E-state index contributed by atoms with van der Waals surface area (Å²) < 4.78 is 26.3. The number of aryl methyl sites for hydroxylation is 2. The van der Waals surface area contributed by atoms with E-state index in [-0.39, 0.29) is 37.7 Å². The number of nitrogens with one attached hydrogen (secondary N) is 1. The van der Waals surface area contributed by atoms with Crippen LogP contribution in [0.3, 0.4) is 0 Å². The van der Waals surface area contributed by atoms with E-state index in [9.17, 15) is 18.0 Å². The van der Waals surface area contributed by atoms with Crippen molar-refractivity contribution in [3.63, 3.8) is 0 Å². The van der Waals surface area contributed by atoms with E-state index in [1.165, 1.54) is 16.3 Å². The van der Waals surface area contributed by atoms with Crippen LogP contribution in [-0.4, -0.2) is 51.0 Å². The molecule has 192 valence electrons. The van der Waals surface area contributed by atoms with Crippen LogP contribution in [0.15, 0.2) is 36.4 Å². The van der Waals surface area contributed by atoms with Crippen LogP contribution in [0.5, 0.6) is 0 Å². The number of likely N-dealkylation sites (N-methyl/N-ethyl adjacent to an activating group) is 1. The van der Waals surface area contributed by atoms with Crippen molar-refractivity contribution in [3.8, 4) is 0 Å². The number of hydrogen-bond donors (Lipinski definition) is 1. The maximum absolute atomic E-state index is 13.3. The Hall–Kier alpha value is -2.29. The average molecular weight is 543 g/mol. The van der Waals surface area contributed by atoms with E-state index in [0.29, 0.717) is 27.7 Å².